The largest absolute Gasteiger partial charge is 0.378 e. The van der Waals surface area contributed by atoms with E-state index in [1.807, 2.05) is 0 Å². The zero-order valence-corrected chi connectivity index (χ0v) is 11.6. The Morgan fingerprint density at radius 2 is 1.94 bits per heavy atom. The molecule has 0 aromatic carbocycles. The van der Waals surface area contributed by atoms with Crippen LogP contribution in [0.5, 0.6) is 0 Å². The molecule has 1 fully saturated rings. The van der Waals surface area contributed by atoms with Gasteiger partial charge in [-0.05, 0) is 58.2 Å². The van der Waals surface area contributed by atoms with Crippen molar-refractivity contribution in [3.63, 3.8) is 0 Å². The second-order valence-corrected chi connectivity index (χ2v) is 5.34. The Labute approximate surface area is 107 Å². The van der Waals surface area contributed by atoms with Crippen LogP contribution in [0.4, 0.5) is 0 Å². The summed E-state index contributed by atoms with van der Waals surface area (Å²) in [7, 11) is 0. The maximum absolute atomic E-state index is 5.71. The molecule has 0 radical (unpaired) electrons. The van der Waals surface area contributed by atoms with E-state index in [-0.39, 0.29) is 0 Å². The van der Waals surface area contributed by atoms with E-state index < -0.39 is 0 Å². The Morgan fingerprint density at radius 3 is 2.65 bits per heavy atom. The highest BCUT2D eigenvalue weighted by atomic mass is 16.5. The summed E-state index contributed by atoms with van der Waals surface area (Å²) < 4.78 is 5.71. The van der Waals surface area contributed by atoms with Crippen LogP contribution in [-0.4, -0.2) is 38.4 Å². The van der Waals surface area contributed by atoms with Gasteiger partial charge in [0.2, 0.25) is 0 Å². The lowest BCUT2D eigenvalue weighted by atomic mass is 10.0. The van der Waals surface area contributed by atoms with Crippen molar-refractivity contribution in [2.24, 2.45) is 0 Å². The third-order valence-corrected chi connectivity index (χ3v) is 3.24. The molecule has 0 aromatic rings. The summed E-state index contributed by atoms with van der Waals surface area (Å²) in [6.07, 6.45) is 8.15. The zero-order chi connectivity index (χ0) is 12.3. The van der Waals surface area contributed by atoms with Crippen molar-refractivity contribution in [2.75, 3.05) is 26.2 Å². The molecular formula is C14H30N2O. The number of nitrogens with one attached hydrogen (secondary N) is 2. The highest BCUT2D eigenvalue weighted by molar-refractivity contribution is 4.64. The van der Waals surface area contributed by atoms with Crippen LogP contribution in [-0.2, 0) is 4.74 Å². The fourth-order valence-electron chi connectivity index (χ4n) is 2.22. The zero-order valence-electron chi connectivity index (χ0n) is 11.6. The minimum absolute atomic E-state index is 0.549. The molecule has 0 aromatic heterocycles. The Balaban J connectivity index is 1.78. The number of hydrogen-bond donors (Lipinski definition) is 2. The molecule has 3 heteroatoms. The van der Waals surface area contributed by atoms with Gasteiger partial charge < -0.3 is 15.4 Å². The van der Waals surface area contributed by atoms with Crippen LogP contribution in [0.1, 0.15) is 52.4 Å². The lowest BCUT2D eigenvalue weighted by Gasteiger charge is -2.22. The van der Waals surface area contributed by atoms with Gasteiger partial charge in [-0.25, -0.2) is 0 Å². The summed E-state index contributed by atoms with van der Waals surface area (Å²) >= 11 is 0. The third-order valence-electron chi connectivity index (χ3n) is 3.24. The monoisotopic (exact) mass is 242 g/mol. The van der Waals surface area contributed by atoms with Crippen LogP contribution in [0.2, 0.25) is 0 Å². The van der Waals surface area contributed by atoms with Crippen LogP contribution in [0.3, 0.4) is 0 Å². The predicted molar refractivity (Wildman–Crippen MR) is 73.5 cm³/mol. The highest BCUT2D eigenvalue weighted by Gasteiger charge is 2.12. The first kappa shape index (κ1) is 14.9. The SMILES string of the molecule is CC(C)NCCCNCCCC1CCCCO1. The summed E-state index contributed by atoms with van der Waals surface area (Å²) in [5.41, 5.74) is 0. The van der Waals surface area contributed by atoms with E-state index in [1.54, 1.807) is 0 Å². The summed E-state index contributed by atoms with van der Waals surface area (Å²) in [6, 6.07) is 0.610. The van der Waals surface area contributed by atoms with E-state index in [9.17, 15) is 0 Å². The van der Waals surface area contributed by atoms with Gasteiger partial charge in [-0.3, -0.25) is 0 Å². The molecule has 3 nitrogen and oxygen atoms in total. The second kappa shape index (κ2) is 9.86. The van der Waals surface area contributed by atoms with E-state index in [2.05, 4.69) is 24.5 Å². The molecule has 17 heavy (non-hydrogen) atoms. The van der Waals surface area contributed by atoms with Crippen molar-refractivity contribution in [1.82, 2.24) is 10.6 Å². The molecule has 0 aliphatic carbocycles. The van der Waals surface area contributed by atoms with Gasteiger partial charge in [0.25, 0.3) is 0 Å². The first-order chi connectivity index (χ1) is 8.29. The molecule has 0 amide bonds. The van der Waals surface area contributed by atoms with E-state index in [0.29, 0.717) is 12.1 Å². The van der Waals surface area contributed by atoms with Crippen molar-refractivity contribution in [2.45, 2.75) is 64.5 Å². The van der Waals surface area contributed by atoms with Gasteiger partial charge in [0.05, 0.1) is 6.10 Å². The number of rotatable bonds is 9. The average molecular weight is 242 g/mol. The minimum Gasteiger partial charge on any atom is -0.378 e. The molecule has 0 spiro atoms. The van der Waals surface area contributed by atoms with Gasteiger partial charge in [0.15, 0.2) is 0 Å². The first-order valence-electron chi connectivity index (χ1n) is 7.34. The molecule has 0 saturated carbocycles. The van der Waals surface area contributed by atoms with Crippen LogP contribution in [0.25, 0.3) is 0 Å². The van der Waals surface area contributed by atoms with E-state index in [0.717, 1.165) is 26.2 Å². The molecule has 1 unspecified atom stereocenters. The van der Waals surface area contributed by atoms with Crippen molar-refractivity contribution in [3.05, 3.63) is 0 Å². The van der Waals surface area contributed by atoms with Gasteiger partial charge in [-0.2, -0.15) is 0 Å². The van der Waals surface area contributed by atoms with Crippen LogP contribution in [0.15, 0.2) is 0 Å². The molecule has 1 aliphatic heterocycles. The first-order valence-corrected chi connectivity index (χ1v) is 7.34. The normalized spacial score (nSPS) is 21.0. The maximum Gasteiger partial charge on any atom is 0.0575 e. The predicted octanol–water partition coefficient (Wildman–Crippen LogP) is 2.31. The maximum atomic E-state index is 5.71. The molecule has 1 rings (SSSR count). The van der Waals surface area contributed by atoms with Gasteiger partial charge in [-0.1, -0.05) is 13.8 Å². The Bertz CT molecular complexity index is 168. The van der Waals surface area contributed by atoms with Gasteiger partial charge in [0.1, 0.15) is 0 Å². The minimum atomic E-state index is 0.549. The molecule has 1 atom stereocenters. The van der Waals surface area contributed by atoms with Crippen LogP contribution in [0, 0.1) is 0 Å². The highest BCUT2D eigenvalue weighted by Crippen LogP contribution is 2.16. The fraction of sp³-hybridized carbons (Fsp3) is 1.00. The molecule has 0 bridgehead atoms. The Hall–Kier alpha value is -0.120. The smallest absolute Gasteiger partial charge is 0.0575 e. The van der Waals surface area contributed by atoms with E-state index in [1.165, 1.54) is 38.5 Å². The summed E-state index contributed by atoms with van der Waals surface area (Å²) in [5.74, 6) is 0. The van der Waals surface area contributed by atoms with Crippen molar-refractivity contribution in [1.29, 1.82) is 0 Å². The topological polar surface area (TPSA) is 33.3 Å². The Kier molecular flexibility index (Phi) is 8.67. The van der Waals surface area contributed by atoms with E-state index >= 15 is 0 Å². The summed E-state index contributed by atoms with van der Waals surface area (Å²) in [4.78, 5) is 0. The molecule has 1 heterocycles. The quantitative estimate of drug-likeness (QED) is 0.609. The molecule has 2 N–H and O–H groups in total. The average Bonchev–Trinajstić information content (AvgIpc) is 2.33. The molecule has 102 valence electrons. The van der Waals surface area contributed by atoms with Crippen LogP contribution >= 0.6 is 0 Å². The summed E-state index contributed by atoms with van der Waals surface area (Å²) in [6.45, 7) is 8.76. The lowest BCUT2D eigenvalue weighted by Crippen LogP contribution is -2.27. The summed E-state index contributed by atoms with van der Waals surface area (Å²) in [5, 5.41) is 6.93. The van der Waals surface area contributed by atoms with Gasteiger partial charge in [0, 0.05) is 12.6 Å². The van der Waals surface area contributed by atoms with Gasteiger partial charge in [-0.15, -0.1) is 0 Å². The number of hydrogen-bond acceptors (Lipinski definition) is 3. The number of ether oxygens (including phenoxy) is 1. The molecular weight excluding hydrogens is 212 g/mol. The fourth-order valence-corrected chi connectivity index (χ4v) is 2.22. The van der Waals surface area contributed by atoms with Crippen molar-refractivity contribution >= 4 is 0 Å². The van der Waals surface area contributed by atoms with Crippen molar-refractivity contribution < 1.29 is 4.74 Å². The van der Waals surface area contributed by atoms with Gasteiger partial charge >= 0.3 is 0 Å². The second-order valence-electron chi connectivity index (χ2n) is 5.34. The molecule has 1 aliphatic rings. The van der Waals surface area contributed by atoms with E-state index in [4.69, 9.17) is 4.74 Å². The molecule has 1 saturated heterocycles. The standard InChI is InChI=1S/C14H30N2O/c1-13(2)16-11-6-10-15-9-5-8-14-7-3-4-12-17-14/h13-16H,3-12H2,1-2H3. The lowest BCUT2D eigenvalue weighted by molar-refractivity contribution is 0.0102. The Morgan fingerprint density at radius 1 is 1.12 bits per heavy atom. The van der Waals surface area contributed by atoms with Crippen molar-refractivity contribution in [3.8, 4) is 0 Å². The third kappa shape index (κ3) is 8.58. The van der Waals surface area contributed by atoms with Crippen LogP contribution < -0.4 is 10.6 Å².